The molecular formula is C31H33N3O2. The van der Waals surface area contributed by atoms with Crippen molar-refractivity contribution in [1.29, 1.82) is 0 Å². The van der Waals surface area contributed by atoms with Crippen LogP contribution < -0.4 is 5.56 Å². The molecule has 0 saturated carbocycles. The number of hydrogen-bond donors (Lipinski definition) is 0. The van der Waals surface area contributed by atoms with E-state index in [9.17, 15) is 9.59 Å². The SMILES string of the molecule is Cc1ccc(C)c(-n2c(C(C)N(CC(C)C)C(=O)C=Cc3ccccc3)nc3ccccc3c2=O)c1. The van der Waals surface area contributed by atoms with Crippen molar-refractivity contribution < 1.29 is 4.79 Å². The molecule has 1 heterocycles. The van der Waals surface area contributed by atoms with Crippen LogP contribution in [0.5, 0.6) is 0 Å². The highest BCUT2D eigenvalue weighted by Gasteiger charge is 2.27. The first-order valence-corrected chi connectivity index (χ1v) is 12.4. The highest BCUT2D eigenvalue weighted by Crippen LogP contribution is 2.26. The lowest BCUT2D eigenvalue weighted by molar-refractivity contribution is -0.128. The summed E-state index contributed by atoms with van der Waals surface area (Å²) in [7, 11) is 0. The summed E-state index contributed by atoms with van der Waals surface area (Å²) in [4.78, 5) is 34.1. The van der Waals surface area contributed by atoms with E-state index >= 15 is 0 Å². The van der Waals surface area contributed by atoms with Gasteiger partial charge in [-0.3, -0.25) is 14.2 Å². The summed E-state index contributed by atoms with van der Waals surface area (Å²) in [5.74, 6) is 0.673. The molecule has 0 spiro atoms. The summed E-state index contributed by atoms with van der Waals surface area (Å²) >= 11 is 0. The van der Waals surface area contributed by atoms with Crippen molar-refractivity contribution in [2.75, 3.05) is 6.54 Å². The normalized spacial score (nSPS) is 12.4. The summed E-state index contributed by atoms with van der Waals surface area (Å²) < 4.78 is 1.69. The monoisotopic (exact) mass is 479 g/mol. The van der Waals surface area contributed by atoms with Crippen molar-refractivity contribution in [3.05, 3.63) is 112 Å². The number of benzene rings is 3. The predicted octanol–water partition coefficient (Wildman–Crippen LogP) is 6.26. The summed E-state index contributed by atoms with van der Waals surface area (Å²) in [6.45, 7) is 10.7. The van der Waals surface area contributed by atoms with Crippen LogP contribution in [0.1, 0.15) is 49.3 Å². The lowest BCUT2D eigenvalue weighted by atomic mass is 10.1. The van der Waals surface area contributed by atoms with E-state index in [-0.39, 0.29) is 17.4 Å². The van der Waals surface area contributed by atoms with Crippen molar-refractivity contribution in [2.45, 2.75) is 40.7 Å². The molecule has 0 fully saturated rings. The molecule has 1 atom stereocenters. The molecule has 0 radical (unpaired) electrons. The number of aromatic nitrogens is 2. The second-order valence-corrected chi connectivity index (χ2v) is 9.72. The molecule has 4 aromatic rings. The Kier molecular flexibility index (Phi) is 7.49. The highest BCUT2D eigenvalue weighted by molar-refractivity contribution is 5.92. The van der Waals surface area contributed by atoms with Crippen molar-refractivity contribution in [2.24, 2.45) is 5.92 Å². The minimum absolute atomic E-state index is 0.116. The quantitative estimate of drug-likeness (QED) is 0.294. The second-order valence-electron chi connectivity index (χ2n) is 9.72. The molecule has 0 aliphatic carbocycles. The molecule has 0 aliphatic rings. The molecule has 0 bridgehead atoms. The molecule has 0 saturated heterocycles. The van der Waals surface area contributed by atoms with Gasteiger partial charge in [0, 0.05) is 12.6 Å². The van der Waals surface area contributed by atoms with Crippen LogP contribution in [0, 0.1) is 19.8 Å². The molecule has 4 rings (SSSR count). The van der Waals surface area contributed by atoms with E-state index in [2.05, 4.69) is 13.8 Å². The first kappa shape index (κ1) is 25.1. The summed E-state index contributed by atoms with van der Waals surface area (Å²) in [6, 6.07) is 22.8. The van der Waals surface area contributed by atoms with Gasteiger partial charge in [-0.1, -0.05) is 68.4 Å². The number of para-hydroxylation sites is 1. The van der Waals surface area contributed by atoms with Gasteiger partial charge < -0.3 is 4.90 Å². The number of rotatable bonds is 7. The van der Waals surface area contributed by atoms with Gasteiger partial charge in [0.25, 0.3) is 5.56 Å². The number of carbonyl (C=O) groups is 1. The fourth-order valence-electron chi connectivity index (χ4n) is 4.42. The number of carbonyl (C=O) groups excluding carboxylic acids is 1. The zero-order chi connectivity index (χ0) is 25.8. The van der Waals surface area contributed by atoms with Crippen molar-refractivity contribution in [3.8, 4) is 5.69 Å². The Morgan fingerprint density at radius 1 is 0.972 bits per heavy atom. The Balaban J connectivity index is 1.88. The van der Waals surface area contributed by atoms with Crippen LogP contribution in [-0.4, -0.2) is 26.9 Å². The molecule has 1 amide bonds. The minimum atomic E-state index is -0.433. The lowest BCUT2D eigenvalue weighted by Crippen LogP contribution is -2.38. The standard InChI is InChI=1S/C31H33N3O2/c1-21(2)20-33(29(35)18-17-25-11-7-6-8-12-25)24(5)30-32-27-14-10-9-13-26(27)31(36)34(30)28-19-22(3)15-16-23(28)4/h6-19,21,24H,20H2,1-5H3. The molecule has 0 N–H and O–H groups in total. The molecule has 36 heavy (non-hydrogen) atoms. The van der Waals surface area contributed by atoms with Gasteiger partial charge in [0.1, 0.15) is 5.82 Å². The molecule has 3 aromatic carbocycles. The van der Waals surface area contributed by atoms with Gasteiger partial charge in [-0.05, 0) is 67.7 Å². The van der Waals surface area contributed by atoms with E-state index in [0.29, 0.717) is 23.3 Å². The van der Waals surface area contributed by atoms with Crippen LogP contribution in [-0.2, 0) is 4.79 Å². The van der Waals surface area contributed by atoms with Crippen LogP contribution in [0.15, 0.2) is 83.7 Å². The third kappa shape index (κ3) is 5.30. The van der Waals surface area contributed by atoms with Crippen molar-refractivity contribution >= 4 is 22.9 Å². The molecule has 1 unspecified atom stereocenters. The first-order chi connectivity index (χ1) is 17.3. The van der Waals surface area contributed by atoms with Crippen LogP contribution in [0.3, 0.4) is 0 Å². The number of fused-ring (bicyclic) bond motifs is 1. The third-order valence-corrected chi connectivity index (χ3v) is 6.31. The van der Waals surface area contributed by atoms with Gasteiger partial charge in [0.05, 0.1) is 22.6 Å². The zero-order valence-electron chi connectivity index (χ0n) is 21.6. The minimum Gasteiger partial charge on any atom is -0.329 e. The Morgan fingerprint density at radius 3 is 2.39 bits per heavy atom. The first-order valence-electron chi connectivity index (χ1n) is 12.4. The fourth-order valence-corrected chi connectivity index (χ4v) is 4.42. The fraction of sp³-hybridized carbons (Fsp3) is 0.258. The third-order valence-electron chi connectivity index (χ3n) is 6.31. The maximum Gasteiger partial charge on any atom is 0.266 e. The molecule has 5 nitrogen and oxygen atoms in total. The van der Waals surface area contributed by atoms with Gasteiger partial charge >= 0.3 is 0 Å². The van der Waals surface area contributed by atoms with E-state index < -0.39 is 6.04 Å². The summed E-state index contributed by atoms with van der Waals surface area (Å²) in [5, 5.41) is 0.556. The summed E-state index contributed by atoms with van der Waals surface area (Å²) in [5.41, 5.74) is 4.26. The van der Waals surface area contributed by atoms with E-state index in [1.807, 2.05) is 98.5 Å². The second kappa shape index (κ2) is 10.7. The van der Waals surface area contributed by atoms with Crippen LogP contribution >= 0.6 is 0 Å². The van der Waals surface area contributed by atoms with Crippen molar-refractivity contribution in [1.82, 2.24) is 14.5 Å². The van der Waals surface area contributed by atoms with Crippen LogP contribution in [0.2, 0.25) is 0 Å². The van der Waals surface area contributed by atoms with E-state index in [4.69, 9.17) is 4.98 Å². The average Bonchev–Trinajstić information content (AvgIpc) is 2.87. The maximum atomic E-state index is 13.8. The topological polar surface area (TPSA) is 55.2 Å². The number of aryl methyl sites for hydroxylation is 2. The van der Waals surface area contributed by atoms with Gasteiger partial charge in [0.15, 0.2) is 0 Å². The van der Waals surface area contributed by atoms with Gasteiger partial charge in [0.2, 0.25) is 5.91 Å². The molecule has 0 aliphatic heterocycles. The van der Waals surface area contributed by atoms with E-state index in [0.717, 1.165) is 22.4 Å². The van der Waals surface area contributed by atoms with E-state index in [1.165, 1.54) is 0 Å². The van der Waals surface area contributed by atoms with Crippen molar-refractivity contribution in [3.63, 3.8) is 0 Å². The number of amides is 1. The summed E-state index contributed by atoms with van der Waals surface area (Å²) in [6.07, 6.45) is 3.43. The average molecular weight is 480 g/mol. The Hall–Kier alpha value is -3.99. The van der Waals surface area contributed by atoms with Gasteiger partial charge in [-0.2, -0.15) is 0 Å². The van der Waals surface area contributed by atoms with Crippen LogP contribution in [0.25, 0.3) is 22.7 Å². The number of nitrogens with zero attached hydrogens (tertiary/aromatic N) is 3. The smallest absolute Gasteiger partial charge is 0.266 e. The Bertz CT molecular complexity index is 1470. The van der Waals surface area contributed by atoms with Gasteiger partial charge in [-0.25, -0.2) is 4.98 Å². The number of hydrogen-bond acceptors (Lipinski definition) is 3. The molecular weight excluding hydrogens is 446 g/mol. The zero-order valence-corrected chi connectivity index (χ0v) is 21.6. The molecule has 5 heteroatoms. The Labute approximate surface area is 212 Å². The molecule has 1 aromatic heterocycles. The predicted molar refractivity (Wildman–Crippen MR) is 147 cm³/mol. The van der Waals surface area contributed by atoms with Crippen LogP contribution in [0.4, 0.5) is 0 Å². The van der Waals surface area contributed by atoms with Gasteiger partial charge in [-0.15, -0.1) is 0 Å². The Morgan fingerprint density at radius 2 is 1.67 bits per heavy atom. The molecule has 184 valence electrons. The lowest BCUT2D eigenvalue weighted by Gasteiger charge is -2.31. The largest absolute Gasteiger partial charge is 0.329 e. The van der Waals surface area contributed by atoms with E-state index in [1.54, 1.807) is 16.7 Å². The highest BCUT2D eigenvalue weighted by atomic mass is 16.2. The maximum absolute atomic E-state index is 13.8.